The Morgan fingerprint density at radius 1 is 1.47 bits per heavy atom. The van der Waals surface area contributed by atoms with Gasteiger partial charge in [-0.25, -0.2) is 4.39 Å². The van der Waals surface area contributed by atoms with Gasteiger partial charge in [0.15, 0.2) is 0 Å². The molecular weight excluding hydrogens is 217 g/mol. The molecule has 4 heteroatoms. The van der Waals surface area contributed by atoms with Crippen molar-refractivity contribution in [2.24, 2.45) is 0 Å². The quantitative estimate of drug-likeness (QED) is 0.736. The third-order valence-electron chi connectivity index (χ3n) is 2.45. The molecule has 0 saturated carbocycles. The highest BCUT2D eigenvalue weighted by atomic mass is 35.5. The molecule has 0 spiro atoms. The van der Waals surface area contributed by atoms with Crippen LogP contribution in [-0.2, 0) is 0 Å². The fourth-order valence-corrected chi connectivity index (χ4v) is 1.76. The van der Waals surface area contributed by atoms with E-state index in [2.05, 4.69) is 5.32 Å². The lowest BCUT2D eigenvalue weighted by atomic mass is 10.1. The van der Waals surface area contributed by atoms with E-state index in [1.165, 1.54) is 6.07 Å². The predicted molar refractivity (Wildman–Crippen MR) is 59.2 cm³/mol. The summed E-state index contributed by atoms with van der Waals surface area (Å²) in [7, 11) is 0. The first kappa shape index (κ1) is 10.6. The van der Waals surface area contributed by atoms with Crippen LogP contribution in [0.1, 0.15) is 20.3 Å². The summed E-state index contributed by atoms with van der Waals surface area (Å²) in [4.78, 5) is 0. The van der Waals surface area contributed by atoms with E-state index in [9.17, 15) is 4.39 Å². The maximum atomic E-state index is 13.3. The molecule has 0 radical (unpaired) electrons. The van der Waals surface area contributed by atoms with Crippen LogP contribution in [0.15, 0.2) is 12.1 Å². The third kappa shape index (κ3) is 2.17. The maximum absolute atomic E-state index is 13.3. The van der Waals surface area contributed by atoms with Crippen LogP contribution >= 0.6 is 11.6 Å². The first-order valence-corrected chi connectivity index (χ1v) is 5.28. The van der Waals surface area contributed by atoms with Crippen LogP contribution in [0.25, 0.3) is 0 Å². The van der Waals surface area contributed by atoms with E-state index in [4.69, 9.17) is 16.3 Å². The van der Waals surface area contributed by atoms with Gasteiger partial charge in [-0.2, -0.15) is 0 Å². The molecule has 15 heavy (non-hydrogen) atoms. The van der Waals surface area contributed by atoms with Crippen LogP contribution in [0.2, 0.25) is 5.02 Å². The predicted octanol–water partition coefficient (Wildman–Crippen LogP) is 3.45. The number of hydrogen-bond acceptors (Lipinski definition) is 2. The van der Waals surface area contributed by atoms with Gasteiger partial charge in [0.1, 0.15) is 17.2 Å². The van der Waals surface area contributed by atoms with E-state index in [0.717, 1.165) is 18.7 Å². The van der Waals surface area contributed by atoms with Crippen LogP contribution in [0.5, 0.6) is 5.75 Å². The highest BCUT2D eigenvalue weighted by Gasteiger charge is 2.25. The Morgan fingerprint density at radius 3 is 2.93 bits per heavy atom. The summed E-state index contributed by atoms with van der Waals surface area (Å²) in [5.41, 5.74) is 0.477. The molecule has 2 nitrogen and oxygen atoms in total. The Labute approximate surface area is 93.4 Å². The smallest absolute Gasteiger partial charge is 0.146 e. The number of anilines is 1. The minimum atomic E-state index is -0.449. The molecule has 1 heterocycles. The van der Waals surface area contributed by atoms with Crippen LogP contribution in [0, 0.1) is 5.82 Å². The second kappa shape index (κ2) is 3.56. The van der Waals surface area contributed by atoms with Crippen LogP contribution in [-0.4, -0.2) is 12.1 Å². The van der Waals surface area contributed by atoms with Gasteiger partial charge in [0.25, 0.3) is 0 Å². The number of rotatable bonds is 0. The van der Waals surface area contributed by atoms with Crippen molar-refractivity contribution >= 4 is 17.3 Å². The normalized spacial score (nSPS) is 18.4. The van der Waals surface area contributed by atoms with Gasteiger partial charge in [-0.05, 0) is 19.9 Å². The fraction of sp³-hybridized carbons (Fsp3) is 0.455. The summed E-state index contributed by atoms with van der Waals surface area (Å²) in [5, 5.41) is 3.29. The molecule has 0 aliphatic carbocycles. The molecule has 2 rings (SSSR count). The van der Waals surface area contributed by atoms with Crippen molar-refractivity contribution in [2.45, 2.75) is 25.9 Å². The van der Waals surface area contributed by atoms with E-state index < -0.39 is 5.82 Å². The van der Waals surface area contributed by atoms with Gasteiger partial charge < -0.3 is 10.1 Å². The van der Waals surface area contributed by atoms with Crippen molar-refractivity contribution in [1.29, 1.82) is 0 Å². The van der Waals surface area contributed by atoms with Crippen molar-refractivity contribution in [3.63, 3.8) is 0 Å². The molecule has 1 aliphatic heterocycles. The highest BCUT2D eigenvalue weighted by Crippen LogP contribution is 2.35. The molecule has 1 N–H and O–H groups in total. The van der Waals surface area contributed by atoms with Gasteiger partial charge >= 0.3 is 0 Å². The highest BCUT2D eigenvalue weighted by molar-refractivity contribution is 6.31. The molecule has 0 aromatic heterocycles. The van der Waals surface area contributed by atoms with Gasteiger partial charge in [-0.1, -0.05) is 11.6 Å². The lowest BCUT2D eigenvalue weighted by Gasteiger charge is -2.23. The Hall–Kier alpha value is -0.960. The number of hydrogen-bond donors (Lipinski definition) is 1. The van der Waals surface area contributed by atoms with Crippen molar-refractivity contribution in [1.82, 2.24) is 0 Å². The second-order valence-corrected chi connectivity index (χ2v) is 4.71. The Morgan fingerprint density at radius 2 is 2.20 bits per heavy atom. The van der Waals surface area contributed by atoms with E-state index in [0.29, 0.717) is 5.75 Å². The van der Waals surface area contributed by atoms with Crippen molar-refractivity contribution in [3.8, 4) is 5.75 Å². The Balaban J connectivity index is 2.43. The summed E-state index contributed by atoms with van der Waals surface area (Å²) < 4.78 is 19.0. The molecule has 0 unspecified atom stereocenters. The molecular formula is C11H13ClFNO. The van der Waals surface area contributed by atoms with Crippen molar-refractivity contribution in [2.75, 3.05) is 11.9 Å². The lowest BCUT2D eigenvalue weighted by molar-refractivity contribution is 0.108. The molecule has 0 fully saturated rings. The zero-order valence-electron chi connectivity index (χ0n) is 8.73. The van der Waals surface area contributed by atoms with E-state index in [1.54, 1.807) is 6.07 Å². The Bertz CT molecular complexity index is 392. The zero-order chi connectivity index (χ0) is 11.1. The standard InChI is InChI=1S/C11H13ClFNO/c1-11(2)3-4-14-9-5-7(12)8(13)6-10(9)15-11/h5-6,14H,3-4H2,1-2H3. The number of benzene rings is 1. The van der Waals surface area contributed by atoms with Crippen molar-refractivity contribution in [3.05, 3.63) is 23.0 Å². The minimum Gasteiger partial charge on any atom is -0.486 e. The first-order valence-electron chi connectivity index (χ1n) is 4.90. The summed E-state index contributed by atoms with van der Waals surface area (Å²) in [6.07, 6.45) is 0.862. The average molecular weight is 230 g/mol. The van der Waals surface area contributed by atoms with Gasteiger partial charge in [0.2, 0.25) is 0 Å². The van der Waals surface area contributed by atoms with Crippen molar-refractivity contribution < 1.29 is 9.13 Å². The lowest BCUT2D eigenvalue weighted by Crippen LogP contribution is -2.28. The van der Waals surface area contributed by atoms with E-state index in [1.807, 2.05) is 13.8 Å². The largest absolute Gasteiger partial charge is 0.486 e. The molecule has 0 saturated heterocycles. The molecule has 0 amide bonds. The molecule has 1 aromatic rings. The molecule has 0 bridgehead atoms. The van der Waals surface area contributed by atoms with Gasteiger partial charge in [-0.15, -0.1) is 0 Å². The topological polar surface area (TPSA) is 21.3 Å². The summed E-state index contributed by atoms with van der Waals surface area (Å²) in [5.74, 6) is 0.0781. The molecule has 1 aromatic carbocycles. The van der Waals surface area contributed by atoms with Crippen LogP contribution in [0.4, 0.5) is 10.1 Å². The molecule has 1 aliphatic rings. The molecule has 0 atom stereocenters. The van der Waals surface area contributed by atoms with Gasteiger partial charge in [-0.3, -0.25) is 0 Å². The van der Waals surface area contributed by atoms with E-state index in [-0.39, 0.29) is 10.6 Å². The van der Waals surface area contributed by atoms with Gasteiger partial charge in [0.05, 0.1) is 10.7 Å². The summed E-state index contributed by atoms with van der Waals surface area (Å²) >= 11 is 5.70. The van der Waals surface area contributed by atoms with Crippen LogP contribution < -0.4 is 10.1 Å². The van der Waals surface area contributed by atoms with Crippen LogP contribution in [0.3, 0.4) is 0 Å². The summed E-state index contributed by atoms with van der Waals surface area (Å²) in [6, 6.07) is 2.89. The summed E-state index contributed by atoms with van der Waals surface area (Å²) in [6.45, 7) is 4.76. The Kier molecular flexibility index (Phi) is 2.51. The number of nitrogens with one attached hydrogen (secondary N) is 1. The second-order valence-electron chi connectivity index (χ2n) is 4.30. The monoisotopic (exact) mass is 229 g/mol. The number of halogens is 2. The van der Waals surface area contributed by atoms with Gasteiger partial charge in [0, 0.05) is 19.0 Å². The minimum absolute atomic E-state index is 0.115. The zero-order valence-corrected chi connectivity index (χ0v) is 9.49. The number of fused-ring (bicyclic) bond motifs is 1. The average Bonchev–Trinajstić information content (AvgIpc) is 2.24. The van der Waals surface area contributed by atoms with E-state index >= 15 is 0 Å². The fourth-order valence-electron chi connectivity index (χ4n) is 1.60. The third-order valence-corrected chi connectivity index (χ3v) is 2.74. The molecule has 82 valence electrons. The maximum Gasteiger partial charge on any atom is 0.146 e. The first-order chi connectivity index (χ1) is 6.98. The number of ether oxygens (including phenoxy) is 1. The SMILES string of the molecule is CC1(C)CCNc2cc(Cl)c(F)cc2O1.